The van der Waals surface area contributed by atoms with Crippen LogP contribution in [0.25, 0.3) is 0 Å². The van der Waals surface area contributed by atoms with Crippen LogP contribution in [0.5, 0.6) is 5.88 Å². The van der Waals surface area contributed by atoms with Gasteiger partial charge in [0.15, 0.2) is 0 Å². The van der Waals surface area contributed by atoms with Gasteiger partial charge in [-0.15, -0.1) is 0 Å². The van der Waals surface area contributed by atoms with Crippen LogP contribution in [-0.2, 0) is 15.5 Å². The Bertz CT molecular complexity index is 1060. The number of carbonyl (C=O) groups is 1. The minimum absolute atomic E-state index is 0.0953. The molecule has 0 radical (unpaired) electrons. The molecule has 1 aromatic heterocycles. The smallest absolute Gasteiger partial charge is 0.410 e. The Labute approximate surface area is 201 Å². The molecule has 4 rings (SSSR count). The molecule has 8 nitrogen and oxygen atoms in total. The van der Waals surface area contributed by atoms with Gasteiger partial charge >= 0.3 is 6.09 Å². The topological polar surface area (TPSA) is 93.6 Å². The van der Waals surface area contributed by atoms with E-state index in [-0.39, 0.29) is 29.2 Å². The van der Waals surface area contributed by atoms with Gasteiger partial charge in [-0.1, -0.05) is 6.42 Å². The number of halogens is 1. The van der Waals surface area contributed by atoms with Crippen LogP contribution in [0.3, 0.4) is 0 Å². The molecule has 1 atom stereocenters. The number of carbonyl (C=O) groups excluding carboxylic acids is 1. The summed E-state index contributed by atoms with van der Waals surface area (Å²) >= 11 is 0. The van der Waals surface area contributed by atoms with E-state index in [1.807, 2.05) is 20.8 Å². The molecule has 1 aliphatic carbocycles. The first-order valence-electron chi connectivity index (χ1n) is 11.7. The van der Waals surface area contributed by atoms with E-state index in [1.165, 1.54) is 12.4 Å². The Morgan fingerprint density at radius 3 is 2.56 bits per heavy atom. The van der Waals surface area contributed by atoms with Gasteiger partial charge < -0.3 is 19.7 Å². The molecule has 0 bridgehead atoms. The maximum Gasteiger partial charge on any atom is 0.410 e. The molecule has 1 amide bonds. The first-order chi connectivity index (χ1) is 16.3. The van der Waals surface area contributed by atoms with Crippen molar-refractivity contribution in [1.29, 1.82) is 0 Å². The minimum atomic E-state index is -1.17. The predicted octanol–water partition coefficient (Wildman–Crippen LogP) is 4.72. The number of aromatic nitrogens is 2. The fraction of sp³-hybridized carbons (Fsp3) is 0.542. The molecule has 1 unspecified atom stereocenters. The molecule has 0 spiro atoms. The number of ether oxygens (including phenoxy) is 2. The van der Waals surface area contributed by atoms with Crippen LogP contribution in [0.2, 0.25) is 0 Å². The lowest BCUT2D eigenvalue weighted by atomic mass is 10.00. The number of nitrogens with one attached hydrogen (secondary N) is 1. The van der Waals surface area contributed by atoms with Crippen molar-refractivity contribution in [1.82, 2.24) is 14.9 Å². The Hall–Kier alpha value is -2.75. The highest BCUT2D eigenvalue weighted by atomic mass is 32.2. The molecule has 1 aromatic carbocycles. The molecule has 1 aliphatic heterocycles. The van der Waals surface area contributed by atoms with Gasteiger partial charge in [-0.25, -0.2) is 19.2 Å². The summed E-state index contributed by atoms with van der Waals surface area (Å²) in [6, 6.07) is 4.63. The molecule has 1 saturated carbocycles. The number of likely N-dealkylation sites (tertiary alicyclic amines) is 1. The lowest BCUT2D eigenvalue weighted by Crippen LogP contribution is -2.42. The summed E-state index contributed by atoms with van der Waals surface area (Å²) in [7, 11) is -1.17. The number of piperidine rings is 1. The van der Waals surface area contributed by atoms with Crippen molar-refractivity contribution < 1.29 is 22.9 Å². The molecule has 184 valence electrons. The lowest BCUT2D eigenvalue weighted by molar-refractivity contribution is 0.0505. The monoisotopic (exact) mass is 490 g/mol. The van der Waals surface area contributed by atoms with Crippen molar-refractivity contribution in [3.8, 4) is 5.88 Å². The van der Waals surface area contributed by atoms with Crippen molar-refractivity contribution in [3.63, 3.8) is 0 Å². The van der Waals surface area contributed by atoms with Crippen LogP contribution >= 0.6 is 0 Å². The summed E-state index contributed by atoms with van der Waals surface area (Å²) in [5.41, 5.74) is 0.907. The van der Waals surface area contributed by atoms with Gasteiger partial charge in [0.1, 0.15) is 24.1 Å². The zero-order chi connectivity index (χ0) is 24.2. The Morgan fingerprint density at radius 2 is 1.94 bits per heavy atom. The number of anilines is 2. The maximum absolute atomic E-state index is 14.8. The van der Waals surface area contributed by atoms with Crippen molar-refractivity contribution in [2.75, 3.05) is 18.4 Å². The zero-order valence-corrected chi connectivity index (χ0v) is 20.6. The highest BCUT2D eigenvalue weighted by molar-refractivity contribution is 7.85. The van der Waals surface area contributed by atoms with Crippen LogP contribution in [0.4, 0.5) is 20.7 Å². The van der Waals surface area contributed by atoms with E-state index in [0.717, 1.165) is 19.3 Å². The van der Waals surface area contributed by atoms with E-state index >= 15 is 0 Å². The molecule has 2 heterocycles. The second kappa shape index (κ2) is 10.7. The molecule has 1 saturated heterocycles. The van der Waals surface area contributed by atoms with Gasteiger partial charge in [-0.05, 0) is 51.8 Å². The minimum Gasteiger partial charge on any atom is -0.474 e. The first kappa shape index (κ1) is 24.4. The van der Waals surface area contributed by atoms with E-state index in [2.05, 4.69) is 15.3 Å². The molecule has 1 N–H and O–H groups in total. The fourth-order valence-electron chi connectivity index (χ4n) is 3.90. The van der Waals surface area contributed by atoms with E-state index in [9.17, 15) is 13.4 Å². The van der Waals surface area contributed by atoms with Gasteiger partial charge in [0, 0.05) is 36.1 Å². The summed E-state index contributed by atoms with van der Waals surface area (Å²) < 4.78 is 38.6. The van der Waals surface area contributed by atoms with Gasteiger partial charge in [0.05, 0.1) is 28.2 Å². The van der Waals surface area contributed by atoms with Crippen molar-refractivity contribution in [2.24, 2.45) is 0 Å². The number of hydrogen-bond acceptors (Lipinski definition) is 7. The number of hydrogen-bond donors (Lipinski definition) is 1. The van der Waals surface area contributed by atoms with E-state index in [1.54, 1.807) is 17.0 Å². The molecule has 34 heavy (non-hydrogen) atoms. The molecule has 2 aliphatic rings. The third kappa shape index (κ3) is 5.65. The van der Waals surface area contributed by atoms with Gasteiger partial charge in [-0.2, -0.15) is 0 Å². The van der Waals surface area contributed by atoms with E-state index in [0.29, 0.717) is 48.1 Å². The van der Waals surface area contributed by atoms with E-state index < -0.39 is 16.6 Å². The van der Waals surface area contributed by atoms with Crippen LogP contribution in [-0.4, -0.2) is 55.7 Å². The molecule has 2 fully saturated rings. The van der Waals surface area contributed by atoms with Gasteiger partial charge in [0.2, 0.25) is 5.88 Å². The van der Waals surface area contributed by atoms with Crippen LogP contribution in [0.1, 0.15) is 51.5 Å². The van der Waals surface area contributed by atoms with Crippen molar-refractivity contribution in [2.45, 2.75) is 75.2 Å². The first-order valence-corrected chi connectivity index (χ1v) is 12.9. The van der Waals surface area contributed by atoms with Gasteiger partial charge in [-0.3, -0.25) is 4.21 Å². The second-order valence-corrected chi connectivity index (χ2v) is 10.7. The third-order valence-corrected chi connectivity index (χ3v) is 7.93. The predicted molar refractivity (Wildman–Crippen MR) is 127 cm³/mol. The quantitative estimate of drug-likeness (QED) is 0.600. The molecular weight excluding hydrogens is 459 g/mol. The normalized spacial score (nSPS) is 17.9. The summed E-state index contributed by atoms with van der Waals surface area (Å²) in [5.74, 6) is 0.379. The number of amides is 1. The van der Waals surface area contributed by atoms with Gasteiger partial charge in [0.25, 0.3) is 0 Å². The summed E-state index contributed by atoms with van der Waals surface area (Å²) in [4.78, 5) is 22.8. The average Bonchev–Trinajstić information content (AvgIpc) is 2.76. The van der Waals surface area contributed by atoms with Crippen molar-refractivity contribution >= 4 is 28.4 Å². The standard InChI is InChI=1S/C24H31FN4O4S/c1-15(2)32-24(30)29-11-9-17(10-12-29)33-23-16(3)22(26-14-27-23)28-21-8-7-19(13-20(21)25)34(31)18-5-4-6-18/h7-8,13-15,17-18H,4-6,9-12H2,1-3H3,(H,26,27,28). The third-order valence-electron chi connectivity index (χ3n) is 6.13. The number of nitrogens with zero attached hydrogens (tertiary/aromatic N) is 3. The summed E-state index contributed by atoms with van der Waals surface area (Å²) in [5, 5.41) is 3.14. The number of benzene rings is 1. The maximum atomic E-state index is 14.8. The zero-order valence-electron chi connectivity index (χ0n) is 19.8. The van der Waals surface area contributed by atoms with Crippen LogP contribution < -0.4 is 10.1 Å². The highest BCUT2D eigenvalue weighted by Crippen LogP contribution is 2.31. The Kier molecular flexibility index (Phi) is 7.65. The summed E-state index contributed by atoms with van der Waals surface area (Å²) in [6.07, 6.45) is 5.08. The second-order valence-electron chi connectivity index (χ2n) is 9.01. The van der Waals surface area contributed by atoms with E-state index in [4.69, 9.17) is 9.47 Å². The highest BCUT2D eigenvalue weighted by Gasteiger charge is 2.27. The SMILES string of the molecule is Cc1c(Nc2ccc(S(=O)C3CCC3)cc2F)ncnc1OC1CCN(C(=O)OC(C)C)CC1. The lowest BCUT2D eigenvalue weighted by Gasteiger charge is -2.32. The largest absolute Gasteiger partial charge is 0.474 e. The molecule has 2 aromatic rings. The van der Waals surface area contributed by atoms with Crippen molar-refractivity contribution in [3.05, 3.63) is 35.9 Å². The summed E-state index contributed by atoms with van der Waals surface area (Å²) in [6.45, 7) is 6.56. The molecular formula is C24H31FN4O4S. The van der Waals surface area contributed by atoms with Crippen LogP contribution in [0.15, 0.2) is 29.4 Å². The Morgan fingerprint density at radius 1 is 1.21 bits per heavy atom. The molecule has 10 heteroatoms. The fourth-order valence-corrected chi connectivity index (χ4v) is 5.46. The average molecular weight is 491 g/mol. The Balaban J connectivity index is 1.38. The number of rotatable bonds is 7. The van der Waals surface area contributed by atoms with Crippen LogP contribution in [0, 0.1) is 12.7 Å².